The zero-order valence-corrected chi connectivity index (χ0v) is 21.4. The predicted octanol–water partition coefficient (Wildman–Crippen LogP) is 5.82. The molecule has 3 rings (SSSR count). The molecule has 0 atom stereocenters. The number of carbonyl (C=O) groups is 1. The van der Waals surface area contributed by atoms with Gasteiger partial charge < -0.3 is 24.3 Å². The van der Waals surface area contributed by atoms with Crippen molar-refractivity contribution in [2.24, 2.45) is 0 Å². The number of nitrogens with one attached hydrogen (secondary N) is 1. The normalized spacial score (nSPS) is 10.8. The van der Waals surface area contributed by atoms with Gasteiger partial charge in [-0.15, -0.1) is 0 Å². The third-order valence-corrected chi connectivity index (χ3v) is 5.84. The van der Waals surface area contributed by atoms with Gasteiger partial charge in [0, 0.05) is 28.8 Å². The summed E-state index contributed by atoms with van der Waals surface area (Å²) in [6.45, 7) is 0.343. The van der Waals surface area contributed by atoms with Crippen molar-refractivity contribution in [1.29, 1.82) is 5.26 Å². The highest BCUT2D eigenvalue weighted by Gasteiger charge is 2.15. The lowest BCUT2D eigenvalue weighted by Gasteiger charge is -2.14. The topological polar surface area (TPSA) is 89.8 Å². The first kappa shape index (κ1) is 26.7. The maximum atomic E-state index is 12.7. The van der Waals surface area contributed by atoms with Crippen LogP contribution in [0.25, 0.3) is 6.08 Å². The zero-order valence-electron chi connectivity index (χ0n) is 19.9. The Morgan fingerprint density at radius 1 is 0.944 bits per heavy atom. The Balaban J connectivity index is 1.77. The maximum absolute atomic E-state index is 12.7. The van der Waals surface area contributed by atoms with Crippen LogP contribution in [0.4, 0.5) is 0 Å². The molecule has 1 amide bonds. The highest BCUT2D eigenvalue weighted by atomic mass is 35.5. The van der Waals surface area contributed by atoms with Crippen LogP contribution in [0, 0.1) is 11.3 Å². The van der Waals surface area contributed by atoms with Gasteiger partial charge in [-0.2, -0.15) is 5.26 Å². The fourth-order valence-corrected chi connectivity index (χ4v) is 3.78. The lowest BCUT2D eigenvalue weighted by molar-refractivity contribution is -0.117. The summed E-state index contributed by atoms with van der Waals surface area (Å²) in [4.78, 5) is 12.7. The Kier molecular flexibility index (Phi) is 9.46. The molecule has 1 N–H and O–H groups in total. The van der Waals surface area contributed by atoms with Crippen LogP contribution in [0.15, 0.2) is 60.2 Å². The van der Waals surface area contributed by atoms with E-state index < -0.39 is 5.91 Å². The Hall–Kier alpha value is -3.86. The second-order valence-electron chi connectivity index (χ2n) is 7.44. The first-order chi connectivity index (χ1) is 17.4. The third-order valence-electron chi connectivity index (χ3n) is 5.19. The van der Waals surface area contributed by atoms with Gasteiger partial charge in [0.1, 0.15) is 29.7 Å². The van der Waals surface area contributed by atoms with Crippen molar-refractivity contribution < 1.29 is 23.7 Å². The van der Waals surface area contributed by atoms with Crippen molar-refractivity contribution in [3.63, 3.8) is 0 Å². The van der Waals surface area contributed by atoms with Gasteiger partial charge in [-0.25, -0.2) is 0 Å². The summed E-state index contributed by atoms with van der Waals surface area (Å²) in [6, 6.07) is 17.7. The highest BCUT2D eigenvalue weighted by molar-refractivity contribution is 6.32. The first-order valence-corrected chi connectivity index (χ1v) is 11.5. The number of halogens is 2. The molecule has 0 fully saturated rings. The van der Waals surface area contributed by atoms with Gasteiger partial charge >= 0.3 is 0 Å². The minimum Gasteiger partial charge on any atom is -0.497 e. The SMILES string of the molecule is COc1ccc(CNC(=O)/C(C#N)=C/c2cc(Cl)c(OCc3ccccc3Cl)c(OC)c2)c(OC)c1. The minimum absolute atomic E-state index is 0.106. The number of methoxy groups -OCH3 is 3. The van der Waals surface area contributed by atoms with Crippen LogP contribution in [-0.2, 0) is 17.9 Å². The number of carbonyl (C=O) groups excluding carboxylic acids is 1. The molecular weight excluding hydrogens is 503 g/mol. The fourth-order valence-electron chi connectivity index (χ4n) is 3.31. The summed E-state index contributed by atoms with van der Waals surface area (Å²) >= 11 is 12.6. The van der Waals surface area contributed by atoms with Crippen LogP contribution in [0.1, 0.15) is 16.7 Å². The quantitative estimate of drug-likeness (QED) is 0.264. The molecule has 0 spiro atoms. The smallest absolute Gasteiger partial charge is 0.262 e. The van der Waals surface area contributed by atoms with E-state index in [1.807, 2.05) is 24.3 Å². The molecule has 7 nitrogen and oxygen atoms in total. The molecule has 0 aliphatic rings. The number of hydrogen-bond acceptors (Lipinski definition) is 6. The summed E-state index contributed by atoms with van der Waals surface area (Å²) in [5, 5.41) is 13.1. The van der Waals surface area contributed by atoms with Crippen molar-refractivity contribution in [2.75, 3.05) is 21.3 Å². The van der Waals surface area contributed by atoms with E-state index in [9.17, 15) is 10.1 Å². The average molecular weight is 527 g/mol. The maximum Gasteiger partial charge on any atom is 0.262 e. The Bertz CT molecular complexity index is 1320. The average Bonchev–Trinajstić information content (AvgIpc) is 2.90. The second-order valence-corrected chi connectivity index (χ2v) is 8.26. The van der Waals surface area contributed by atoms with Gasteiger partial charge in [-0.1, -0.05) is 41.4 Å². The standard InChI is InChI=1S/C27H24Cl2N2O5/c1-33-21-9-8-18(24(13-21)34-2)15-31-27(32)20(14-30)10-17-11-23(29)26(25(12-17)35-3)36-16-19-6-4-5-7-22(19)28/h4-13H,15-16H2,1-3H3,(H,31,32)/b20-10+. The van der Waals surface area contributed by atoms with Crippen LogP contribution in [0.5, 0.6) is 23.0 Å². The molecule has 0 saturated heterocycles. The van der Waals surface area contributed by atoms with Crippen LogP contribution in [0.2, 0.25) is 10.0 Å². The second kappa shape index (κ2) is 12.7. The monoisotopic (exact) mass is 526 g/mol. The van der Waals surface area contributed by atoms with Gasteiger partial charge in [0.05, 0.1) is 26.4 Å². The van der Waals surface area contributed by atoms with E-state index in [1.165, 1.54) is 20.3 Å². The van der Waals surface area contributed by atoms with E-state index in [-0.39, 0.29) is 23.7 Å². The van der Waals surface area contributed by atoms with Crippen molar-refractivity contribution in [3.8, 4) is 29.1 Å². The number of rotatable bonds is 10. The lowest BCUT2D eigenvalue weighted by atomic mass is 10.1. The molecule has 0 aromatic heterocycles. The van der Waals surface area contributed by atoms with Crippen molar-refractivity contribution in [3.05, 3.63) is 86.9 Å². The summed E-state index contributed by atoms with van der Waals surface area (Å²) in [6.07, 6.45) is 1.42. The number of hydrogen-bond donors (Lipinski definition) is 1. The fraction of sp³-hybridized carbons (Fsp3) is 0.185. The molecule has 0 heterocycles. The molecule has 36 heavy (non-hydrogen) atoms. The molecule has 3 aromatic rings. The summed E-state index contributed by atoms with van der Waals surface area (Å²) in [5.74, 6) is 1.31. The highest BCUT2D eigenvalue weighted by Crippen LogP contribution is 2.38. The number of ether oxygens (including phenoxy) is 4. The molecule has 0 aliphatic heterocycles. The molecule has 0 aliphatic carbocycles. The zero-order chi connectivity index (χ0) is 26.1. The molecule has 9 heteroatoms. The lowest BCUT2D eigenvalue weighted by Crippen LogP contribution is -2.24. The van der Waals surface area contributed by atoms with Crippen LogP contribution in [0.3, 0.4) is 0 Å². The van der Waals surface area contributed by atoms with E-state index in [4.69, 9.17) is 42.1 Å². The van der Waals surface area contributed by atoms with Crippen molar-refractivity contribution in [2.45, 2.75) is 13.2 Å². The Morgan fingerprint density at radius 3 is 2.36 bits per heavy atom. The molecule has 186 valence electrons. The van der Waals surface area contributed by atoms with E-state index in [0.29, 0.717) is 33.6 Å². The number of nitriles is 1. The van der Waals surface area contributed by atoms with Crippen molar-refractivity contribution >= 4 is 35.2 Å². The Morgan fingerprint density at radius 2 is 1.69 bits per heavy atom. The first-order valence-electron chi connectivity index (χ1n) is 10.7. The van der Waals surface area contributed by atoms with E-state index in [0.717, 1.165) is 11.1 Å². The molecule has 0 radical (unpaired) electrons. The minimum atomic E-state index is -0.551. The van der Waals surface area contributed by atoms with E-state index >= 15 is 0 Å². The van der Waals surface area contributed by atoms with Gasteiger partial charge in [0.2, 0.25) is 0 Å². The van der Waals surface area contributed by atoms with Crippen molar-refractivity contribution in [1.82, 2.24) is 5.32 Å². The number of amides is 1. The molecule has 0 bridgehead atoms. The van der Waals surface area contributed by atoms with Crippen LogP contribution >= 0.6 is 23.2 Å². The predicted molar refractivity (Wildman–Crippen MR) is 139 cm³/mol. The van der Waals surface area contributed by atoms with E-state index in [2.05, 4.69) is 5.32 Å². The Labute approximate surface area is 219 Å². The van der Waals surface area contributed by atoms with Gasteiger partial charge in [-0.05, 0) is 42.0 Å². The molecule has 3 aromatic carbocycles. The van der Waals surface area contributed by atoms with Gasteiger partial charge in [-0.3, -0.25) is 4.79 Å². The summed E-state index contributed by atoms with van der Waals surface area (Å²) < 4.78 is 21.8. The van der Waals surface area contributed by atoms with Gasteiger partial charge in [0.15, 0.2) is 11.5 Å². The largest absolute Gasteiger partial charge is 0.497 e. The third kappa shape index (κ3) is 6.63. The molecule has 0 saturated carbocycles. The summed E-state index contributed by atoms with van der Waals surface area (Å²) in [7, 11) is 4.56. The number of nitrogens with zero attached hydrogens (tertiary/aromatic N) is 1. The van der Waals surface area contributed by atoms with Crippen LogP contribution in [-0.4, -0.2) is 27.2 Å². The number of benzene rings is 3. The van der Waals surface area contributed by atoms with Gasteiger partial charge in [0.25, 0.3) is 5.91 Å². The molecular formula is C27H24Cl2N2O5. The van der Waals surface area contributed by atoms with E-state index in [1.54, 1.807) is 43.5 Å². The summed E-state index contributed by atoms with van der Waals surface area (Å²) in [5.41, 5.74) is 1.91. The van der Waals surface area contributed by atoms with Crippen LogP contribution < -0.4 is 24.3 Å². The molecule has 0 unspecified atom stereocenters.